The van der Waals surface area contributed by atoms with Crippen LogP contribution in [0.4, 0.5) is 4.39 Å². The van der Waals surface area contributed by atoms with Gasteiger partial charge in [-0.05, 0) is 17.7 Å². The van der Waals surface area contributed by atoms with Crippen LogP contribution in [0.15, 0.2) is 18.2 Å². The number of nitrogens with two attached hydrogens (primary N) is 1. The van der Waals surface area contributed by atoms with Crippen LogP contribution in [0, 0.1) is 5.82 Å². The van der Waals surface area contributed by atoms with Crippen LogP contribution in [0.2, 0.25) is 0 Å². The molecule has 4 N–H and O–H groups in total. The Morgan fingerprint density at radius 1 is 1.57 bits per heavy atom. The highest BCUT2D eigenvalue weighted by atomic mass is 19.1. The van der Waals surface area contributed by atoms with Gasteiger partial charge >= 0.3 is 5.97 Å². The summed E-state index contributed by atoms with van der Waals surface area (Å²) in [6.45, 7) is -0.278. The second kappa shape index (κ2) is 4.17. The quantitative estimate of drug-likeness (QED) is 0.658. The molecule has 0 fully saturated rings. The molecular formula is C9H10FNO3. The highest BCUT2D eigenvalue weighted by molar-refractivity contribution is 5.75. The zero-order valence-corrected chi connectivity index (χ0v) is 7.27. The van der Waals surface area contributed by atoms with Crippen molar-refractivity contribution in [3.8, 4) is 0 Å². The number of aliphatic carboxylic acids is 1. The molecule has 0 radical (unpaired) electrons. The standard InChI is InChI=1S/C9H10FNO3/c10-7-2-1-5(4-12)3-6(7)8(11)9(13)14/h1-3,8,12H,4,11H2,(H,13,14). The van der Waals surface area contributed by atoms with Crippen LogP contribution in [0.25, 0.3) is 0 Å². The fraction of sp³-hybridized carbons (Fsp3) is 0.222. The van der Waals surface area contributed by atoms with Crippen LogP contribution in [0.3, 0.4) is 0 Å². The summed E-state index contributed by atoms with van der Waals surface area (Å²) in [4.78, 5) is 10.5. The third-order valence-electron chi connectivity index (χ3n) is 1.84. The van der Waals surface area contributed by atoms with Gasteiger partial charge in [0.05, 0.1) is 6.61 Å². The van der Waals surface area contributed by atoms with Crippen molar-refractivity contribution >= 4 is 5.97 Å². The van der Waals surface area contributed by atoms with E-state index in [2.05, 4.69) is 0 Å². The average molecular weight is 199 g/mol. The lowest BCUT2D eigenvalue weighted by Gasteiger charge is -2.09. The van der Waals surface area contributed by atoms with E-state index in [1.54, 1.807) is 0 Å². The Labute approximate surface area is 79.8 Å². The molecule has 1 unspecified atom stereocenters. The zero-order valence-electron chi connectivity index (χ0n) is 7.27. The molecule has 1 aromatic rings. The van der Waals surface area contributed by atoms with E-state index >= 15 is 0 Å². The molecule has 0 spiro atoms. The molecule has 0 aromatic heterocycles. The minimum Gasteiger partial charge on any atom is -0.480 e. The number of halogens is 1. The molecule has 76 valence electrons. The van der Waals surface area contributed by atoms with Gasteiger partial charge in [-0.2, -0.15) is 0 Å². The second-order valence-corrected chi connectivity index (χ2v) is 2.83. The summed E-state index contributed by atoms with van der Waals surface area (Å²) in [5.74, 6) is -1.99. The van der Waals surface area contributed by atoms with Gasteiger partial charge in [-0.15, -0.1) is 0 Å². The van der Waals surface area contributed by atoms with Gasteiger partial charge in [0, 0.05) is 5.56 Å². The minimum absolute atomic E-state index is 0.121. The molecule has 1 rings (SSSR count). The Bertz CT molecular complexity index is 354. The summed E-state index contributed by atoms with van der Waals surface area (Å²) in [7, 11) is 0. The molecule has 0 aliphatic rings. The van der Waals surface area contributed by atoms with Gasteiger partial charge in [-0.25, -0.2) is 4.39 Å². The molecule has 14 heavy (non-hydrogen) atoms. The number of hydrogen-bond donors (Lipinski definition) is 3. The Morgan fingerprint density at radius 3 is 2.71 bits per heavy atom. The van der Waals surface area contributed by atoms with Crippen molar-refractivity contribution in [2.75, 3.05) is 0 Å². The van der Waals surface area contributed by atoms with E-state index in [0.717, 1.165) is 6.07 Å². The van der Waals surface area contributed by atoms with E-state index in [9.17, 15) is 9.18 Å². The van der Waals surface area contributed by atoms with Gasteiger partial charge in [-0.1, -0.05) is 6.07 Å². The molecule has 0 aliphatic carbocycles. The lowest BCUT2D eigenvalue weighted by atomic mass is 10.0. The van der Waals surface area contributed by atoms with Crippen LogP contribution < -0.4 is 5.73 Å². The first-order valence-electron chi connectivity index (χ1n) is 3.94. The predicted molar refractivity (Wildman–Crippen MR) is 46.9 cm³/mol. The minimum atomic E-state index is -1.40. The summed E-state index contributed by atoms with van der Waals surface area (Å²) in [6, 6.07) is 2.30. The van der Waals surface area contributed by atoms with Crippen molar-refractivity contribution in [1.29, 1.82) is 0 Å². The Morgan fingerprint density at radius 2 is 2.21 bits per heavy atom. The fourth-order valence-corrected chi connectivity index (χ4v) is 1.06. The maximum absolute atomic E-state index is 13.1. The van der Waals surface area contributed by atoms with E-state index < -0.39 is 17.8 Å². The monoisotopic (exact) mass is 199 g/mol. The number of rotatable bonds is 3. The van der Waals surface area contributed by atoms with Gasteiger partial charge in [0.2, 0.25) is 0 Å². The molecule has 0 saturated heterocycles. The summed E-state index contributed by atoms with van der Waals surface area (Å²) >= 11 is 0. The first-order chi connectivity index (χ1) is 6.56. The van der Waals surface area contributed by atoms with Gasteiger partial charge in [-0.3, -0.25) is 4.79 Å². The van der Waals surface area contributed by atoms with Gasteiger partial charge in [0.1, 0.15) is 11.9 Å². The topological polar surface area (TPSA) is 83.6 Å². The van der Waals surface area contributed by atoms with E-state index in [1.165, 1.54) is 12.1 Å². The molecule has 0 amide bonds. The maximum Gasteiger partial charge on any atom is 0.325 e. The molecule has 0 saturated carbocycles. The number of aliphatic hydroxyl groups is 1. The number of benzene rings is 1. The number of carboxylic acids is 1. The predicted octanol–water partition coefficient (Wildman–Crippen LogP) is 0.402. The van der Waals surface area contributed by atoms with Gasteiger partial charge in [0.25, 0.3) is 0 Å². The lowest BCUT2D eigenvalue weighted by molar-refractivity contribution is -0.138. The summed E-state index contributed by atoms with van der Waals surface area (Å²) in [5.41, 5.74) is 5.55. The van der Waals surface area contributed by atoms with Crippen molar-refractivity contribution < 1.29 is 19.4 Å². The summed E-state index contributed by atoms with van der Waals surface area (Å²) in [5, 5.41) is 17.3. The van der Waals surface area contributed by atoms with Crippen LogP contribution in [0.1, 0.15) is 17.2 Å². The molecule has 4 nitrogen and oxygen atoms in total. The number of aliphatic hydroxyl groups excluding tert-OH is 1. The van der Waals surface area contributed by atoms with Crippen molar-refractivity contribution in [2.24, 2.45) is 5.73 Å². The lowest BCUT2D eigenvalue weighted by Crippen LogP contribution is -2.22. The first-order valence-corrected chi connectivity index (χ1v) is 3.94. The molecule has 5 heteroatoms. The highest BCUT2D eigenvalue weighted by Crippen LogP contribution is 2.17. The molecule has 1 atom stereocenters. The Balaban J connectivity index is 3.11. The first kappa shape index (κ1) is 10.6. The van der Waals surface area contributed by atoms with Crippen LogP contribution >= 0.6 is 0 Å². The van der Waals surface area contributed by atoms with Gasteiger partial charge in [0.15, 0.2) is 0 Å². The molecule has 0 aliphatic heterocycles. The second-order valence-electron chi connectivity index (χ2n) is 2.83. The van der Waals surface area contributed by atoms with Crippen LogP contribution in [-0.4, -0.2) is 16.2 Å². The van der Waals surface area contributed by atoms with E-state index in [4.69, 9.17) is 15.9 Å². The molecular weight excluding hydrogens is 189 g/mol. The highest BCUT2D eigenvalue weighted by Gasteiger charge is 2.18. The average Bonchev–Trinajstić information content (AvgIpc) is 2.17. The number of carbonyl (C=O) groups is 1. The maximum atomic E-state index is 13.1. The fourth-order valence-electron chi connectivity index (χ4n) is 1.06. The number of carboxylic acid groups (broad SMARTS) is 1. The summed E-state index contributed by atoms with van der Waals surface area (Å²) < 4.78 is 13.1. The van der Waals surface area contributed by atoms with Gasteiger partial charge < -0.3 is 15.9 Å². The Hall–Kier alpha value is -1.46. The van der Waals surface area contributed by atoms with E-state index in [1.807, 2.05) is 0 Å². The largest absolute Gasteiger partial charge is 0.480 e. The van der Waals surface area contributed by atoms with Crippen molar-refractivity contribution in [3.05, 3.63) is 35.1 Å². The smallest absolute Gasteiger partial charge is 0.325 e. The molecule has 0 heterocycles. The molecule has 1 aromatic carbocycles. The van der Waals surface area contributed by atoms with Crippen LogP contribution in [-0.2, 0) is 11.4 Å². The third-order valence-corrected chi connectivity index (χ3v) is 1.84. The SMILES string of the molecule is NC(C(=O)O)c1cc(CO)ccc1F. The van der Waals surface area contributed by atoms with E-state index in [-0.39, 0.29) is 12.2 Å². The normalized spacial score (nSPS) is 12.5. The van der Waals surface area contributed by atoms with Crippen molar-refractivity contribution in [3.63, 3.8) is 0 Å². The van der Waals surface area contributed by atoms with E-state index in [0.29, 0.717) is 5.56 Å². The Kier molecular flexibility index (Phi) is 3.16. The summed E-state index contributed by atoms with van der Waals surface area (Å²) in [6.07, 6.45) is 0. The zero-order chi connectivity index (χ0) is 10.7. The third kappa shape index (κ3) is 2.07. The van der Waals surface area contributed by atoms with Crippen molar-refractivity contribution in [1.82, 2.24) is 0 Å². The van der Waals surface area contributed by atoms with Crippen LogP contribution in [0.5, 0.6) is 0 Å². The number of hydrogen-bond acceptors (Lipinski definition) is 3. The molecule has 0 bridgehead atoms. The van der Waals surface area contributed by atoms with Crippen molar-refractivity contribution in [2.45, 2.75) is 12.6 Å².